The molecule has 2 heterocycles. The van der Waals surface area contributed by atoms with Crippen molar-refractivity contribution in [3.05, 3.63) is 53.9 Å². The van der Waals surface area contributed by atoms with E-state index in [1.54, 1.807) is 28.4 Å². The molecule has 0 radical (unpaired) electrons. The summed E-state index contributed by atoms with van der Waals surface area (Å²) in [5.74, 6) is 2.84. The Morgan fingerprint density at radius 1 is 0.824 bits per heavy atom. The van der Waals surface area contributed by atoms with Gasteiger partial charge in [-0.2, -0.15) is 4.57 Å². The predicted molar refractivity (Wildman–Crippen MR) is 130 cm³/mol. The number of aromatic nitrogens is 1. The third-order valence-electron chi connectivity index (χ3n) is 6.48. The fraction of sp³-hybridized carbons (Fsp3) is 0.407. The van der Waals surface area contributed by atoms with Crippen LogP contribution in [0, 0.1) is 0 Å². The zero-order valence-corrected chi connectivity index (χ0v) is 20.4. The van der Waals surface area contributed by atoms with Crippen molar-refractivity contribution in [2.24, 2.45) is 0 Å². The molecule has 1 saturated heterocycles. The number of nitrogens with zero attached hydrogens (tertiary/aromatic N) is 2. The topological polar surface area (TPSA) is 61.1 Å². The number of hydrogen-bond donors (Lipinski definition) is 0. The first-order valence-corrected chi connectivity index (χ1v) is 11.6. The van der Waals surface area contributed by atoms with E-state index in [1.165, 1.54) is 6.42 Å². The first kappa shape index (κ1) is 23.7. The van der Waals surface area contributed by atoms with Crippen LogP contribution in [0.1, 0.15) is 30.5 Å². The number of hydrogen-bond acceptors (Lipinski definition) is 5. The number of ether oxygens (including phenoxy) is 4. The highest BCUT2D eigenvalue weighted by Gasteiger charge is 2.25. The van der Waals surface area contributed by atoms with Gasteiger partial charge >= 0.3 is 0 Å². The van der Waals surface area contributed by atoms with Gasteiger partial charge in [-0.05, 0) is 54.5 Å². The summed E-state index contributed by atoms with van der Waals surface area (Å²) in [7, 11) is 6.53. The Morgan fingerprint density at radius 2 is 1.47 bits per heavy atom. The van der Waals surface area contributed by atoms with Crippen molar-refractivity contribution in [2.75, 3.05) is 41.5 Å². The van der Waals surface area contributed by atoms with E-state index in [0.717, 1.165) is 48.0 Å². The summed E-state index contributed by atoms with van der Waals surface area (Å²) in [6.07, 6.45) is 5.94. The molecule has 0 unspecified atom stereocenters. The predicted octanol–water partition coefficient (Wildman–Crippen LogP) is 3.77. The van der Waals surface area contributed by atoms with E-state index < -0.39 is 0 Å². The van der Waals surface area contributed by atoms with E-state index in [0.29, 0.717) is 36.0 Å². The first-order chi connectivity index (χ1) is 16.6. The fourth-order valence-corrected chi connectivity index (χ4v) is 4.62. The van der Waals surface area contributed by atoms with Gasteiger partial charge in [0.05, 0.1) is 40.2 Å². The molecule has 1 aliphatic heterocycles. The van der Waals surface area contributed by atoms with E-state index >= 15 is 0 Å². The number of piperidine rings is 1. The maximum absolute atomic E-state index is 13.1. The lowest BCUT2D eigenvalue weighted by atomic mass is 10.0. The Hall–Kier alpha value is -3.48. The van der Waals surface area contributed by atoms with Crippen LogP contribution in [0.15, 0.2) is 42.6 Å². The van der Waals surface area contributed by atoms with E-state index in [4.69, 9.17) is 18.9 Å². The maximum Gasteiger partial charge on any atom is 0.288 e. The maximum atomic E-state index is 13.1. The fourth-order valence-electron chi connectivity index (χ4n) is 4.62. The second-order valence-electron chi connectivity index (χ2n) is 8.49. The van der Waals surface area contributed by atoms with Gasteiger partial charge in [0, 0.05) is 19.2 Å². The molecule has 1 aromatic heterocycles. The van der Waals surface area contributed by atoms with Gasteiger partial charge in [0.25, 0.3) is 5.91 Å². The van der Waals surface area contributed by atoms with Gasteiger partial charge in [-0.3, -0.25) is 4.79 Å². The number of fused-ring (bicyclic) bond motifs is 1. The van der Waals surface area contributed by atoms with Crippen molar-refractivity contribution in [1.82, 2.24) is 4.90 Å². The van der Waals surface area contributed by atoms with Crippen LogP contribution in [0.25, 0.3) is 10.8 Å². The number of benzene rings is 2. The molecule has 1 amide bonds. The Kier molecular flexibility index (Phi) is 7.40. The average molecular weight is 466 g/mol. The zero-order valence-electron chi connectivity index (χ0n) is 20.4. The lowest BCUT2D eigenvalue weighted by Crippen LogP contribution is -2.48. The highest BCUT2D eigenvalue weighted by atomic mass is 16.5. The molecule has 3 aromatic rings. The van der Waals surface area contributed by atoms with E-state index in [1.807, 2.05) is 47.5 Å². The third kappa shape index (κ3) is 4.88. The SMILES string of the molecule is COc1ccc(Cc2c3cc(OC)c(OC)cc3cc[n+]2CC(=O)N2CCCCC2)cc1OC. The lowest BCUT2D eigenvalue weighted by Gasteiger charge is -2.25. The number of pyridine rings is 1. The molecule has 0 spiro atoms. The first-order valence-electron chi connectivity index (χ1n) is 11.6. The molecule has 1 fully saturated rings. The molecule has 1 aliphatic rings. The van der Waals surface area contributed by atoms with Crippen molar-refractivity contribution >= 4 is 16.7 Å². The number of carbonyl (C=O) groups is 1. The Labute approximate surface area is 200 Å². The van der Waals surface area contributed by atoms with E-state index in [-0.39, 0.29) is 5.91 Å². The van der Waals surface area contributed by atoms with Gasteiger partial charge in [-0.25, -0.2) is 0 Å². The van der Waals surface area contributed by atoms with Crippen molar-refractivity contribution in [2.45, 2.75) is 32.2 Å². The van der Waals surface area contributed by atoms with Crippen molar-refractivity contribution in [1.29, 1.82) is 0 Å². The molecular weight excluding hydrogens is 432 g/mol. The third-order valence-corrected chi connectivity index (χ3v) is 6.48. The monoisotopic (exact) mass is 465 g/mol. The van der Waals surface area contributed by atoms with Gasteiger partial charge in [0.15, 0.2) is 34.9 Å². The summed E-state index contributed by atoms with van der Waals surface area (Å²) in [4.78, 5) is 15.1. The van der Waals surface area contributed by atoms with Crippen LogP contribution >= 0.6 is 0 Å². The van der Waals surface area contributed by atoms with E-state index in [2.05, 4.69) is 4.57 Å². The molecule has 0 saturated carbocycles. The Bertz CT molecular complexity index is 1170. The zero-order chi connectivity index (χ0) is 24.1. The molecule has 0 aliphatic carbocycles. The number of methoxy groups -OCH3 is 4. The second-order valence-corrected chi connectivity index (χ2v) is 8.49. The van der Waals surface area contributed by atoms with Crippen molar-refractivity contribution in [3.8, 4) is 23.0 Å². The van der Waals surface area contributed by atoms with Gasteiger partial charge in [-0.15, -0.1) is 0 Å². The van der Waals surface area contributed by atoms with Crippen LogP contribution < -0.4 is 23.5 Å². The van der Waals surface area contributed by atoms with Crippen molar-refractivity contribution in [3.63, 3.8) is 0 Å². The molecule has 7 heteroatoms. The van der Waals surface area contributed by atoms with Crippen LogP contribution in [-0.4, -0.2) is 52.3 Å². The largest absolute Gasteiger partial charge is 0.493 e. The van der Waals surface area contributed by atoms with Crippen LogP contribution in [-0.2, 0) is 17.8 Å². The van der Waals surface area contributed by atoms with Crippen LogP contribution in [0.4, 0.5) is 0 Å². The van der Waals surface area contributed by atoms with Crippen LogP contribution in [0.2, 0.25) is 0 Å². The highest BCUT2D eigenvalue weighted by Crippen LogP contribution is 2.34. The summed E-state index contributed by atoms with van der Waals surface area (Å²) in [6, 6.07) is 11.9. The summed E-state index contributed by atoms with van der Waals surface area (Å²) >= 11 is 0. The molecule has 7 nitrogen and oxygen atoms in total. The molecular formula is C27H33N2O5+. The van der Waals surface area contributed by atoms with Gasteiger partial charge < -0.3 is 23.8 Å². The lowest BCUT2D eigenvalue weighted by molar-refractivity contribution is -0.690. The van der Waals surface area contributed by atoms with E-state index in [9.17, 15) is 4.79 Å². The van der Waals surface area contributed by atoms with Gasteiger partial charge in [0.2, 0.25) is 6.54 Å². The molecule has 2 aromatic carbocycles. The minimum atomic E-state index is 0.151. The Balaban J connectivity index is 1.79. The summed E-state index contributed by atoms with van der Waals surface area (Å²) in [6.45, 7) is 1.97. The summed E-state index contributed by atoms with van der Waals surface area (Å²) in [5, 5.41) is 2.04. The Morgan fingerprint density at radius 3 is 2.15 bits per heavy atom. The summed E-state index contributed by atoms with van der Waals surface area (Å²) < 4.78 is 24.1. The molecule has 4 rings (SSSR count). The highest BCUT2D eigenvalue weighted by molar-refractivity contribution is 5.87. The second kappa shape index (κ2) is 10.6. The van der Waals surface area contributed by atoms with Crippen molar-refractivity contribution < 1.29 is 28.3 Å². The molecule has 34 heavy (non-hydrogen) atoms. The number of amides is 1. The summed E-state index contributed by atoms with van der Waals surface area (Å²) in [5.41, 5.74) is 2.08. The van der Waals surface area contributed by atoms with Gasteiger partial charge in [0.1, 0.15) is 0 Å². The number of rotatable bonds is 8. The van der Waals surface area contributed by atoms with Crippen LogP contribution in [0.5, 0.6) is 23.0 Å². The van der Waals surface area contributed by atoms with Gasteiger partial charge in [-0.1, -0.05) is 6.07 Å². The molecule has 0 N–H and O–H groups in total. The normalized spacial score (nSPS) is 13.6. The minimum Gasteiger partial charge on any atom is -0.493 e. The quantitative estimate of drug-likeness (QED) is 0.474. The van der Waals surface area contributed by atoms with Crippen LogP contribution in [0.3, 0.4) is 0 Å². The molecule has 180 valence electrons. The number of likely N-dealkylation sites (tertiary alicyclic amines) is 1. The smallest absolute Gasteiger partial charge is 0.288 e. The minimum absolute atomic E-state index is 0.151. The standard InChI is InChI=1S/C27H33N2O5/c1-31-23-9-8-19(15-24(23)32-2)14-22-21-17-26(34-4)25(33-3)16-20(21)10-13-29(22)18-27(30)28-11-6-5-7-12-28/h8-10,13,15-17H,5-7,11-12,14,18H2,1-4H3/q+1. The molecule has 0 bridgehead atoms. The molecule has 0 atom stereocenters. The average Bonchev–Trinajstić information content (AvgIpc) is 2.89. The number of carbonyl (C=O) groups excluding carboxylic acids is 1.